The van der Waals surface area contributed by atoms with Crippen LogP contribution in [-0.4, -0.2) is 54.3 Å². The summed E-state index contributed by atoms with van der Waals surface area (Å²) in [6.45, 7) is 2.75. The van der Waals surface area contributed by atoms with Gasteiger partial charge in [-0.1, -0.05) is 42.5 Å². The molecule has 0 unspecified atom stereocenters. The van der Waals surface area contributed by atoms with Crippen molar-refractivity contribution in [1.82, 2.24) is 4.90 Å². The van der Waals surface area contributed by atoms with Crippen molar-refractivity contribution in [3.63, 3.8) is 0 Å². The van der Waals surface area contributed by atoms with Crippen LogP contribution in [0.4, 0.5) is 5.69 Å². The number of rotatable bonds is 6. The molecular weight excluding hydrogens is 464 g/mol. The molecule has 1 fully saturated rings. The lowest BCUT2D eigenvalue weighted by molar-refractivity contribution is 0.0745. The molecule has 1 heterocycles. The smallest absolute Gasteiger partial charge is 0.254 e. The second-order valence-corrected chi connectivity index (χ2v) is 9.18. The largest absolute Gasteiger partial charge is 0.508 e. The lowest BCUT2D eigenvalue weighted by atomic mass is 9.82. The van der Waals surface area contributed by atoms with E-state index < -0.39 is 0 Å². The lowest BCUT2D eigenvalue weighted by Gasteiger charge is -2.36. The number of piperazine rings is 1. The predicted octanol–water partition coefficient (Wildman–Crippen LogP) is 5.25. The molecule has 6 nitrogen and oxygen atoms in total. The van der Waals surface area contributed by atoms with E-state index in [1.54, 1.807) is 31.4 Å². The minimum absolute atomic E-state index is 0.00698. The summed E-state index contributed by atoms with van der Waals surface area (Å²) >= 11 is 0. The normalized spacial score (nSPS) is 13.6. The fraction of sp³-hybridized carbons (Fsp3) is 0.194. The first-order valence-electron chi connectivity index (χ1n) is 12.4. The fourth-order valence-corrected chi connectivity index (χ4v) is 4.96. The highest BCUT2D eigenvalue weighted by atomic mass is 16.5. The average molecular weight is 495 g/mol. The molecule has 1 aliphatic heterocycles. The summed E-state index contributed by atoms with van der Waals surface area (Å²) in [6, 6.07) is 29.9. The Balaban J connectivity index is 1.42. The fourth-order valence-electron chi connectivity index (χ4n) is 4.96. The van der Waals surface area contributed by atoms with E-state index in [0.717, 1.165) is 41.2 Å². The van der Waals surface area contributed by atoms with Crippen molar-refractivity contribution in [3.8, 4) is 17.2 Å². The van der Waals surface area contributed by atoms with Gasteiger partial charge < -0.3 is 24.7 Å². The molecule has 0 atom stereocenters. The molecule has 4 aromatic rings. The molecule has 0 aromatic heterocycles. The van der Waals surface area contributed by atoms with Crippen LogP contribution in [0.1, 0.15) is 33.0 Å². The van der Waals surface area contributed by atoms with Gasteiger partial charge in [-0.15, -0.1) is 0 Å². The Morgan fingerprint density at radius 2 is 1.27 bits per heavy atom. The zero-order valence-electron chi connectivity index (χ0n) is 20.7. The highest BCUT2D eigenvalue weighted by molar-refractivity contribution is 5.96. The lowest BCUT2D eigenvalue weighted by Crippen LogP contribution is -2.49. The van der Waals surface area contributed by atoms with Crippen LogP contribution in [0, 0.1) is 0 Å². The molecule has 6 heteroatoms. The summed E-state index contributed by atoms with van der Waals surface area (Å²) in [6.07, 6.45) is 0. The number of ether oxygens (including phenoxy) is 1. The number of anilines is 1. The SMILES string of the molecule is COc1ccc(N2CCN(C(=O)c3ccccc3C(c3ccc(O)cc3)c3ccc(O)cc3)CC2)cc1. The number of hydrogen-bond donors (Lipinski definition) is 2. The van der Waals surface area contributed by atoms with E-state index in [0.29, 0.717) is 18.7 Å². The van der Waals surface area contributed by atoms with Crippen LogP contribution in [0.3, 0.4) is 0 Å². The highest BCUT2D eigenvalue weighted by Gasteiger charge is 2.27. The molecule has 1 aliphatic rings. The van der Waals surface area contributed by atoms with Crippen LogP contribution in [0.2, 0.25) is 0 Å². The molecule has 0 bridgehead atoms. The first-order valence-corrected chi connectivity index (χ1v) is 12.4. The van der Waals surface area contributed by atoms with E-state index in [-0.39, 0.29) is 23.3 Å². The Hall–Kier alpha value is -4.45. The van der Waals surface area contributed by atoms with E-state index in [9.17, 15) is 15.0 Å². The molecule has 188 valence electrons. The zero-order chi connectivity index (χ0) is 25.8. The number of carbonyl (C=O) groups excluding carboxylic acids is 1. The van der Waals surface area contributed by atoms with Gasteiger partial charge in [-0.25, -0.2) is 0 Å². The summed E-state index contributed by atoms with van der Waals surface area (Å²) in [5.74, 6) is 0.972. The van der Waals surface area contributed by atoms with E-state index in [2.05, 4.69) is 4.90 Å². The van der Waals surface area contributed by atoms with Gasteiger partial charge in [0, 0.05) is 43.3 Å². The minimum Gasteiger partial charge on any atom is -0.508 e. The van der Waals surface area contributed by atoms with Crippen LogP contribution in [0.5, 0.6) is 17.2 Å². The van der Waals surface area contributed by atoms with Gasteiger partial charge in [-0.2, -0.15) is 0 Å². The number of phenols is 2. The predicted molar refractivity (Wildman–Crippen MR) is 145 cm³/mol. The zero-order valence-corrected chi connectivity index (χ0v) is 20.7. The van der Waals surface area contributed by atoms with Gasteiger partial charge in [0.2, 0.25) is 0 Å². The van der Waals surface area contributed by atoms with Crippen molar-refractivity contribution in [2.24, 2.45) is 0 Å². The topological polar surface area (TPSA) is 73.2 Å². The van der Waals surface area contributed by atoms with Gasteiger partial charge in [0.05, 0.1) is 7.11 Å². The molecule has 2 N–H and O–H groups in total. The first kappa shape index (κ1) is 24.3. The van der Waals surface area contributed by atoms with E-state index in [4.69, 9.17) is 4.74 Å². The van der Waals surface area contributed by atoms with E-state index in [1.807, 2.05) is 77.7 Å². The van der Waals surface area contributed by atoms with Crippen LogP contribution < -0.4 is 9.64 Å². The number of nitrogens with zero attached hydrogens (tertiary/aromatic N) is 2. The number of methoxy groups -OCH3 is 1. The standard InChI is InChI=1S/C31H30N2O4/c1-37-27-16-10-24(11-17-27)32-18-20-33(21-19-32)31(36)29-5-3-2-4-28(29)30(22-6-12-25(34)13-7-22)23-8-14-26(35)15-9-23/h2-17,30,34-35H,18-21H2,1H3. The monoisotopic (exact) mass is 494 g/mol. The van der Waals surface area contributed by atoms with Crippen molar-refractivity contribution >= 4 is 11.6 Å². The molecule has 0 spiro atoms. The molecule has 0 radical (unpaired) electrons. The van der Waals surface area contributed by atoms with Gasteiger partial charge in [0.15, 0.2) is 0 Å². The minimum atomic E-state index is -0.234. The third-order valence-corrected chi connectivity index (χ3v) is 6.96. The summed E-state index contributed by atoms with van der Waals surface area (Å²) < 4.78 is 5.26. The van der Waals surface area contributed by atoms with Crippen LogP contribution in [-0.2, 0) is 0 Å². The number of carbonyl (C=O) groups is 1. The van der Waals surface area contributed by atoms with Gasteiger partial charge >= 0.3 is 0 Å². The maximum Gasteiger partial charge on any atom is 0.254 e. The average Bonchev–Trinajstić information content (AvgIpc) is 2.95. The second kappa shape index (κ2) is 10.7. The van der Waals surface area contributed by atoms with Gasteiger partial charge in [0.1, 0.15) is 17.2 Å². The van der Waals surface area contributed by atoms with E-state index in [1.165, 1.54) is 0 Å². The maximum atomic E-state index is 13.8. The molecule has 37 heavy (non-hydrogen) atoms. The highest BCUT2D eigenvalue weighted by Crippen LogP contribution is 2.36. The number of phenolic OH excluding ortho intramolecular Hbond substituents is 2. The van der Waals surface area contributed by atoms with E-state index >= 15 is 0 Å². The van der Waals surface area contributed by atoms with Gasteiger partial charge in [-0.3, -0.25) is 4.79 Å². The third-order valence-electron chi connectivity index (χ3n) is 6.96. The van der Waals surface area contributed by atoms with Crippen molar-refractivity contribution in [2.75, 3.05) is 38.2 Å². The number of hydrogen-bond acceptors (Lipinski definition) is 5. The van der Waals surface area contributed by atoms with Crippen LogP contribution in [0.15, 0.2) is 97.1 Å². The Morgan fingerprint density at radius 1 is 0.730 bits per heavy atom. The van der Waals surface area contributed by atoms with Gasteiger partial charge in [-0.05, 0) is 71.3 Å². The molecule has 5 rings (SSSR count). The third kappa shape index (κ3) is 5.23. The summed E-state index contributed by atoms with van der Waals surface area (Å²) in [5.41, 5.74) is 4.57. The quantitative estimate of drug-likeness (QED) is 0.358. The Kier molecular flexibility index (Phi) is 6.99. The van der Waals surface area contributed by atoms with Gasteiger partial charge in [0.25, 0.3) is 5.91 Å². The van der Waals surface area contributed by atoms with Crippen LogP contribution in [0.25, 0.3) is 0 Å². The number of aromatic hydroxyl groups is 2. The molecule has 4 aromatic carbocycles. The van der Waals surface area contributed by atoms with Crippen molar-refractivity contribution < 1.29 is 19.7 Å². The van der Waals surface area contributed by atoms with Crippen molar-refractivity contribution in [1.29, 1.82) is 0 Å². The van der Waals surface area contributed by atoms with Crippen molar-refractivity contribution in [2.45, 2.75) is 5.92 Å². The van der Waals surface area contributed by atoms with Crippen LogP contribution >= 0.6 is 0 Å². The Bertz CT molecular complexity index is 1300. The molecule has 0 saturated carbocycles. The molecule has 0 aliphatic carbocycles. The molecular formula is C31H30N2O4. The first-order chi connectivity index (χ1) is 18.0. The molecule has 1 saturated heterocycles. The number of benzene rings is 4. The Labute approximate surface area is 217 Å². The van der Waals surface area contributed by atoms with Crippen molar-refractivity contribution in [3.05, 3.63) is 119 Å². The summed E-state index contributed by atoms with van der Waals surface area (Å²) in [4.78, 5) is 18.0. The summed E-state index contributed by atoms with van der Waals surface area (Å²) in [7, 11) is 1.66. The maximum absolute atomic E-state index is 13.8. The number of amides is 1. The second-order valence-electron chi connectivity index (χ2n) is 9.18. The Morgan fingerprint density at radius 3 is 1.81 bits per heavy atom. The molecule has 1 amide bonds. The summed E-state index contributed by atoms with van der Waals surface area (Å²) in [5, 5.41) is 19.7.